The molecular weight excluding hydrogens is 242 g/mol. The van der Waals surface area contributed by atoms with Crippen LogP contribution >= 0.6 is 0 Å². The molecule has 1 unspecified atom stereocenters. The van der Waals surface area contributed by atoms with Crippen LogP contribution in [0.4, 0.5) is 0 Å². The molecular formula is C14H23N3O2. The first-order valence-electron chi connectivity index (χ1n) is 7.04. The zero-order valence-corrected chi connectivity index (χ0v) is 11.8. The van der Waals surface area contributed by atoms with Crippen LogP contribution in [-0.2, 0) is 6.54 Å². The monoisotopic (exact) mass is 265 g/mol. The molecule has 0 radical (unpaired) electrons. The first kappa shape index (κ1) is 14.1. The van der Waals surface area contributed by atoms with Crippen molar-refractivity contribution in [1.82, 2.24) is 15.1 Å². The number of ether oxygens (including phenoxy) is 1. The quantitative estimate of drug-likeness (QED) is 0.875. The lowest BCUT2D eigenvalue weighted by Crippen LogP contribution is -2.41. The smallest absolute Gasteiger partial charge is 0.267 e. The highest BCUT2D eigenvalue weighted by Crippen LogP contribution is 2.26. The third kappa shape index (κ3) is 3.56. The molecule has 0 spiro atoms. The summed E-state index contributed by atoms with van der Waals surface area (Å²) in [4.78, 5) is 11.8. The van der Waals surface area contributed by atoms with Gasteiger partial charge in [-0.1, -0.05) is 19.3 Å². The van der Waals surface area contributed by atoms with Crippen LogP contribution in [0.3, 0.4) is 0 Å². The number of rotatable bonds is 5. The lowest BCUT2D eigenvalue weighted by molar-refractivity contribution is 0.246. The number of nitrogens with one attached hydrogen (secondary N) is 1. The topological polar surface area (TPSA) is 56.1 Å². The maximum atomic E-state index is 11.8. The van der Waals surface area contributed by atoms with Crippen LogP contribution in [0.25, 0.3) is 0 Å². The molecule has 2 rings (SSSR count). The van der Waals surface area contributed by atoms with Gasteiger partial charge >= 0.3 is 0 Å². The molecule has 19 heavy (non-hydrogen) atoms. The van der Waals surface area contributed by atoms with Crippen LogP contribution in [0, 0.1) is 5.92 Å². The Hall–Kier alpha value is -1.36. The minimum absolute atomic E-state index is 0.0724. The highest BCUT2D eigenvalue weighted by molar-refractivity contribution is 5.06. The van der Waals surface area contributed by atoms with Gasteiger partial charge in [-0.25, -0.2) is 4.68 Å². The van der Waals surface area contributed by atoms with E-state index in [4.69, 9.17) is 4.74 Å². The largest absolute Gasteiger partial charge is 0.480 e. The fourth-order valence-corrected chi connectivity index (χ4v) is 2.87. The zero-order chi connectivity index (χ0) is 13.7. The highest BCUT2D eigenvalue weighted by atomic mass is 16.5. The van der Waals surface area contributed by atoms with Crippen LogP contribution < -0.4 is 15.6 Å². The summed E-state index contributed by atoms with van der Waals surface area (Å²) in [5.41, 5.74) is -0.0724. The predicted molar refractivity (Wildman–Crippen MR) is 74.5 cm³/mol. The third-order valence-electron chi connectivity index (χ3n) is 4.01. The first-order valence-corrected chi connectivity index (χ1v) is 7.04. The molecule has 1 fully saturated rings. The van der Waals surface area contributed by atoms with Crippen LogP contribution in [-0.4, -0.2) is 30.0 Å². The van der Waals surface area contributed by atoms with Gasteiger partial charge in [0, 0.05) is 18.2 Å². The predicted octanol–water partition coefficient (Wildman–Crippen LogP) is 1.42. The maximum Gasteiger partial charge on any atom is 0.267 e. The molecule has 1 aromatic heterocycles. The summed E-state index contributed by atoms with van der Waals surface area (Å²) in [6, 6.07) is 3.42. The van der Waals surface area contributed by atoms with Gasteiger partial charge in [0.25, 0.3) is 5.56 Å². The number of methoxy groups -OCH3 is 1. The fraction of sp³-hybridized carbons (Fsp3) is 0.714. The Kier molecular flexibility index (Phi) is 4.96. The van der Waals surface area contributed by atoms with Gasteiger partial charge in [0.1, 0.15) is 0 Å². The normalized spacial score (nSPS) is 18.2. The Morgan fingerprint density at radius 2 is 2.16 bits per heavy atom. The van der Waals surface area contributed by atoms with Gasteiger partial charge in [0.05, 0.1) is 13.7 Å². The number of hydrogen-bond donors (Lipinski definition) is 1. The molecule has 1 atom stereocenters. The van der Waals surface area contributed by atoms with E-state index < -0.39 is 0 Å². The van der Waals surface area contributed by atoms with Crippen molar-refractivity contribution in [2.75, 3.05) is 14.2 Å². The molecule has 0 saturated heterocycles. The minimum Gasteiger partial charge on any atom is -0.480 e. The molecule has 5 heteroatoms. The molecule has 5 nitrogen and oxygen atoms in total. The number of likely N-dealkylation sites (N-methyl/N-ethyl adjacent to an activating group) is 1. The SMILES string of the molecule is CNC(Cn1nc(OC)ccc1=O)C1CCCCC1. The molecule has 0 aliphatic heterocycles. The average Bonchev–Trinajstić information content (AvgIpc) is 2.47. The van der Waals surface area contributed by atoms with Crippen LogP contribution in [0.5, 0.6) is 5.88 Å². The van der Waals surface area contributed by atoms with Gasteiger partial charge in [-0.3, -0.25) is 4.79 Å². The number of aromatic nitrogens is 2. The van der Waals surface area contributed by atoms with E-state index in [9.17, 15) is 4.79 Å². The van der Waals surface area contributed by atoms with Crippen molar-refractivity contribution in [2.24, 2.45) is 5.92 Å². The summed E-state index contributed by atoms with van der Waals surface area (Å²) in [5, 5.41) is 7.56. The second-order valence-corrected chi connectivity index (χ2v) is 5.19. The first-order chi connectivity index (χ1) is 9.24. The summed E-state index contributed by atoms with van der Waals surface area (Å²) in [7, 11) is 3.53. The van der Waals surface area contributed by atoms with Crippen LogP contribution in [0.2, 0.25) is 0 Å². The highest BCUT2D eigenvalue weighted by Gasteiger charge is 2.23. The van der Waals surface area contributed by atoms with E-state index in [2.05, 4.69) is 10.4 Å². The molecule has 0 aromatic carbocycles. The van der Waals surface area contributed by atoms with E-state index in [1.165, 1.54) is 42.9 Å². The van der Waals surface area contributed by atoms with Gasteiger partial charge in [0.2, 0.25) is 5.88 Å². The van der Waals surface area contributed by atoms with Crippen molar-refractivity contribution in [2.45, 2.75) is 44.7 Å². The Morgan fingerprint density at radius 1 is 1.42 bits per heavy atom. The van der Waals surface area contributed by atoms with Crippen molar-refractivity contribution in [3.05, 3.63) is 22.5 Å². The van der Waals surface area contributed by atoms with E-state index in [-0.39, 0.29) is 5.56 Å². The summed E-state index contributed by atoms with van der Waals surface area (Å²) < 4.78 is 6.59. The Balaban J connectivity index is 2.10. The Bertz CT molecular complexity index is 452. The number of nitrogens with zero attached hydrogens (tertiary/aromatic N) is 2. The van der Waals surface area contributed by atoms with E-state index in [0.717, 1.165) is 0 Å². The third-order valence-corrected chi connectivity index (χ3v) is 4.01. The summed E-state index contributed by atoms with van der Waals surface area (Å²) in [5.74, 6) is 1.12. The van der Waals surface area contributed by atoms with Crippen molar-refractivity contribution < 1.29 is 4.74 Å². The zero-order valence-electron chi connectivity index (χ0n) is 11.8. The molecule has 1 aliphatic carbocycles. The molecule has 1 N–H and O–H groups in total. The molecule has 106 valence electrons. The average molecular weight is 265 g/mol. The molecule has 1 aromatic rings. The van der Waals surface area contributed by atoms with Gasteiger partial charge < -0.3 is 10.1 Å². The second kappa shape index (κ2) is 6.70. The molecule has 0 bridgehead atoms. The fourth-order valence-electron chi connectivity index (χ4n) is 2.87. The Labute approximate surface area is 114 Å². The van der Waals surface area contributed by atoms with E-state index in [1.54, 1.807) is 13.2 Å². The van der Waals surface area contributed by atoms with Crippen molar-refractivity contribution in [1.29, 1.82) is 0 Å². The van der Waals surface area contributed by atoms with Gasteiger partial charge in [-0.15, -0.1) is 5.10 Å². The van der Waals surface area contributed by atoms with Gasteiger partial charge in [-0.05, 0) is 25.8 Å². The van der Waals surface area contributed by atoms with Gasteiger partial charge in [0.15, 0.2) is 0 Å². The summed E-state index contributed by atoms with van der Waals surface area (Å²) in [6.07, 6.45) is 6.41. The summed E-state index contributed by atoms with van der Waals surface area (Å²) >= 11 is 0. The maximum absolute atomic E-state index is 11.8. The second-order valence-electron chi connectivity index (χ2n) is 5.19. The molecule has 1 heterocycles. The van der Waals surface area contributed by atoms with E-state index in [1.807, 2.05) is 7.05 Å². The summed E-state index contributed by atoms with van der Waals surface area (Å²) in [6.45, 7) is 0.608. The number of hydrogen-bond acceptors (Lipinski definition) is 4. The van der Waals surface area contributed by atoms with Crippen molar-refractivity contribution in [3.8, 4) is 5.88 Å². The lowest BCUT2D eigenvalue weighted by atomic mass is 9.84. The van der Waals surface area contributed by atoms with Gasteiger partial charge in [-0.2, -0.15) is 0 Å². The van der Waals surface area contributed by atoms with Crippen molar-refractivity contribution >= 4 is 0 Å². The minimum atomic E-state index is -0.0724. The van der Waals surface area contributed by atoms with Crippen LogP contribution in [0.1, 0.15) is 32.1 Å². The standard InChI is InChI=1S/C14H23N3O2/c1-15-12(11-6-4-3-5-7-11)10-17-14(18)9-8-13(16-17)19-2/h8-9,11-12,15H,3-7,10H2,1-2H3. The lowest BCUT2D eigenvalue weighted by Gasteiger charge is -2.30. The van der Waals surface area contributed by atoms with E-state index >= 15 is 0 Å². The van der Waals surface area contributed by atoms with E-state index in [0.29, 0.717) is 24.4 Å². The molecule has 1 aliphatic rings. The molecule has 1 saturated carbocycles. The Morgan fingerprint density at radius 3 is 2.79 bits per heavy atom. The van der Waals surface area contributed by atoms with Crippen LogP contribution in [0.15, 0.2) is 16.9 Å². The molecule has 0 amide bonds. The van der Waals surface area contributed by atoms with Crippen molar-refractivity contribution in [3.63, 3.8) is 0 Å².